The predicted octanol–water partition coefficient (Wildman–Crippen LogP) is 1.49. The number of aromatic nitrogens is 6. The minimum Gasteiger partial charge on any atom is -0.842 e. The molecule has 0 fully saturated rings. The normalized spacial score (nSPS) is 11.1. The third-order valence-corrected chi connectivity index (χ3v) is 4.94. The fourth-order valence-electron chi connectivity index (χ4n) is 3.45. The van der Waals surface area contributed by atoms with E-state index in [0.29, 0.717) is 17.0 Å². The van der Waals surface area contributed by atoms with Crippen molar-refractivity contribution in [3.63, 3.8) is 0 Å². The second kappa shape index (κ2) is 7.45. The second-order valence-electron chi connectivity index (χ2n) is 6.87. The summed E-state index contributed by atoms with van der Waals surface area (Å²) in [4.78, 5) is 21.3. The van der Waals surface area contributed by atoms with Gasteiger partial charge in [0.15, 0.2) is 5.82 Å². The Labute approximate surface area is 175 Å². The highest BCUT2D eigenvalue weighted by Crippen LogP contribution is 2.22. The highest BCUT2D eigenvalue weighted by Gasteiger charge is 2.20. The molecule has 0 aliphatic rings. The van der Waals surface area contributed by atoms with Crippen LogP contribution in [0.1, 0.15) is 5.56 Å². The van der Waals surface area contributed by atoms with Gasteiger partial charge in [-0.2, -0.15) is 9.50 Å². The van der Waals surface area contributed by atoms with Crippen LogP contribution in [0.25, 0.3) is 22.6 Å². The van der Waals surface area contributed by atoms with Gasteiger partial charge in [-0.25, -0.2) is 28.4 Å². The molecule has 31 heavy (non-hydrogen) atoms. The average molecular weight is 414 g/mol. The van der Waals surface area contributed by atoms with E-state index in [1.54, 1.807) is 43.0 Å². The SMILES string of the molecule is O=c1c(-c2ccc(F)cc2)c([O-])[n+](Cc2ccc(-n3cncn3)nc2)c2ccccn12. The number of nitrogens with zero attached hydrogens (tertiary/aromatic N) is 6. The highest BCUT2D eigenvalue weighted by molar-refractivity contribution is 5.66. The smallest absolute Gasteiger partial charge is 0.349 e. The third-order valence-electron chi connectivity index (χ3n) is 4.94. The lowest BCUT2D eigenvalue weighted by Crippen LogP contribution is -2.44. The summed E-state index contributed by atoms with van der Waals surface area (Å²) in [5.41, 5.74) is 1.10. The van der Waals surface area contributed by atoms with Crippen molar-refractivity contribution in [3.8, 4) is 22.8 Å². The average Bonchev–Trinajstić information content (AvgIpc) is 3.33. The molecule has 4 aromatic heterocycles. The number of halogens is 1. The van der Waals surface area contributed by atoms with Gasteiger partial charge in [-0.1, -0.05) is 18.2 Å². The quantitative estimate of drug-likeness (QED) is 0.416. The van der Waals surface area contributed by atoms with Gasteiger partial charge < -0.3 is 5.11 Å². The zero-order valence-corrected chi connectivity index (χ0v) is 16.1. The summed E-state index contributed by atoms with van der Waals surface area (Å²) in [6, 6.07) is 14.1. The molecular weight excluding hydrogens is 399 g/mol. The van der Waals surface area contributed by atoms with Crippen LogP contribution < -0.4 is 15.2 Å². The first kappa shape index (κ1) is 18.6. The van der Waals surface area contributed by atoms with Crippen LogP contribution in [0.5, 0.6) is 5.88 Å². The van der Waals surface area contributed by atoms with E-state index in [9.17, 15) is 14.3 Å². The Hall–Kier alpha value is -4.40. The molecule has 0 N–H and O–H groups in total. The molecular formula is C22H15FN6O2. The summed E-state index contributed by atoms with van der Waals surface area (Å²) in [6.45, 7) is 0.200. The molecule has 0 saturated heterocycles. The van der Waals surface area contributed by atoms with Crippen molar-refractivity contribution in [2.45, 2.75) is 6.54 Å². The molecule has 0 bridgehead atoms. The largest absolute Gasteiger partial charge is 0.842 e. The first-order chi connectivity index (χ1) is 15.1. The van der Waals surface area contributed by atoms with E-state index in [4.69, 9.17) is 0 Å². The number of rotatable bonds is 4. The Kier molecular flexibility index (Phi) is 4.47. The molecule has 8 nitrogen and oxygen atoms in total. The van der Waals surface area contributed by atoms with Gasteiger partial charge in [-0.05, 0) is 35.9 Å². The van der Waals surface area contributed by atoms with Crippen LogP contribution in [0.15, 0.2) is 84.4 Å². The highest BCUT2D eigenvalue weighted by atomic mass is 19.1. The topological polar surface area (TPSA) is 92.0 Å². The molecule has 0 unspecified atom stereocenters. The zero-order valence-electron chi connectivity index (χ0n) is 16.1. The summed E-state index contributed by atoms with van der Waals surface area (Å²) in [5.74, 6) is -0.304. The van der Waals surface area contributed by atoms with Crippen LogP contribution in [0.2, 0.25) is 0 Å². The molecule has 0 amide bonds. The molecule has 0 saturated carbocycles. The van der Waals surface area contributed by atoms with E-state index < -0.39 is 17.3 Å². The Morgan fingerprint density at radius 1 is 1.06 bits per heavy atom. The molecule has 0 radical (unpaired) electrons. The molecule has 0 aliphatic carbocycles. The number of hydrogen-bond donors (Lipinski definition) is 0. The maximum atomic E-state index is 13.4. The number of fused-ring (bicyclic) bond motifs is 1. The second-order valence-corrected chi connectivity index (χ2v) is 6.87. The van der Waals surface area contributed by atoms with Crippen LogP contribution in [0.3, 0.4) is 0 Å². The first-order valence-corrected chi connectivity index (χ1v) is 9.42. The van der Waals surface area contributed by atoms with E-state index in [0.717, 1.165) is 5.56 Å². The van der Waals surface area contributed by atoms with Crippen molar-refractivity contribution in [3.05, 3.63) is 101 Å². The van der Waals surface area contributed by atoms with Gasteiger partial charge in [0.1, 0.15) is 30.6 Å². The lowest BCUT2D eigenvalue weighted by atomic mass is 10.1. The van der Waals surface area contributed by atoms with Crippen molar-refractivity contribution >= 4 is 5.65 Å². The monoisotopic (exact) mass is 414 g/mol. The molecule has 5 rings (SSSR count). The van der Waals surface area contributed by atoms with Crippen LogP contribution >= 0.6 is 0 Å². The summed E-state index contributed by atoms with van der Waals surface area (Å²) >= 11 is 0. The zero-order chi connectivity index (χ0) is 21.4. The maximum absolute atomic E-state index is 13.4. The Morgan fingerprint density at radius 2 is 1.90 bits per heavy atom. The fourth-order valence-corrected chi connectivity index (χ4v) is 3.45. The van der Waals surface area contributed by atoms with E-state index in [-0.39, 0.29) is 12.1 Å². The molecule has 152 valence electrons. The molecule has 9 heteroatoms. The van der Waals surface area contributed by atoms with Crippen LogP contribution in [0, 0.1) is 5.82 Å². The van der Waals surface area contributed by atoms with Crippen LogP contribution in [-0.4, -0.2) is 24.1 Å². The van der Waals surface area contributed by atoms with Crippen molar-refractivity contribution in [2.24, 2.45) is 0 Å². The minimum atomic E-state index is -0.455. The summed E-state index contributed by atoms with van der Waals surface area (Å²) < 4.78 is 17.8. The Morgan fingerprint density at radius 3 is 2.61 bits per heavy atom. The van der Waals surface area contributed by atoms with Gasteiger partial charge in [0.25, 0.3) is 5.65 Å². The number of pyridine rings is 2. The predicted molar refractivity (Wildman–Crippen MR) is 107 cm³/mol. The van der Waals surface area contributed by atoms with Crippen LogP contribution in [0.4, 0.5) is 4.39 Å². The number of hydrogen-bond acceptors (Lipinski definition) is 5. The van der Waals surface area contributed by atoms with Crippen molar-refractivity contribution in [1.82, 2.24) is 24.1 Å². The molecule has 5 aromatic rings. The van der Waals surface area contributed by atoms with E-state index >= 15 is 0 Å². The van der Waals surface area contributed by atoms with Gasteiger partial charge in [0.05, 0.1) is 12.1 Å². The molecule has 0 aliphatic heterocycles. The maximum Gasteiger partial charge on any atom is 0.349 e. The molecule has 0 atom stereocenters. The van der Waals surface area contributed by atoms with Crippen molar-refractivity contribution < 1.29 is 14.1 Å². The molecule has 0 spiro atoms. The number of benzene rings is 1. The lowest BCUT2D eigenvalue weighted by Gasteiger charge is -2.17. The van der Waals surface area contributed by atoms with Gasteiger partial charge in [0.2, 0.25) is 0 Å². The summed E-state index contributed by atoms with van der Waals surface area (Å²) in [5, 5.41) is 17.4. The van der Waals surface area contributed by atoms with Gasteiger partial charge in [0, 0.05) is 17.8 Å². The lowest BCUT2D eigenvalue weighted by molar-refractivity contribution is -0.708. The Balaban J connectivity index is 1.64. The van der Waals surface area contributed by atoms with Gasteiger partial charge in [-0.3, -0.25) is 0 Å². The summed E-state index contributed by atoms with van der Waals surface area (Å²) in [6.07, 6.45) is 6.21. The van der Waals surface area contributed by atoms with Gasteiger partial charge >= 0.3 is 5.56 Å². The minimum absolute atomic E-state index is 0.0177. The van der Waals surface area contributed by atoms with Crippen molar-refractivity contribution in [1.29, 1.82) is 0 Å². The Bertz CT molecular complexity index is 1430. The fraction of sp³-hybridized carbons (Fsp3) is 0.0455. The van der Waals surface area contributed by atoms with E-state index in [1.807, 2.05) is 6.07 Å². The van der Waals surface area contributed by atoms with E-state index in [2.05, 4.69) is 15.1 Å². The third kappa shape index (κ3) is 3.31. The molecule has 4 heterocycles. The van der Waals surface area contributed by atoms with E-state index in [1.165, 1.54) is 44.2 Å². The van der Waals surface area contributed by atoms with Crippen LogP contribution in [-0.2, 0) is 6.54 Å². The summed E-state index contributed by atoms with van der Waals surface area (Å²) in [7, 11) is 0. The van der Waals surface area contributed by atoms with Crippen molar-refractivity contribution in [2.75, 3.05) is 0 Å². The van der Waals surface area contributed by atoms with Gasteiger partial charge in [-0.15, -0.1) is 0 Å². The standard InChI is InChI=1S/C22H15FN6O2/c23-17-7-5-16(6-8-17)20-21(30)27-10-2-1-3-19(27)28(22(20)31)12-15-4-9-18(25-11-15)29-14-24-13-26-29/h1-11,13-14H,12H2. The first-order valence-electron chi connectivity index (χ1n) is 9.42. The molecule has 1 aromatic carbocycles.